The zero-order chi connectivity index (χ0) is 27.3. The summed E-state index contributed by atoms with van der Waals surface area (Å²) < 4.78 is 33.6. The number of anilines is 2. The van der Waals surface area contributed by atoms with E-state index < -0.39 is 22.5 Å². The Labute approximate surface area is 235 Å². The summed E-state index contributed by atoms with van der Waals surface area (Å²) in [6.07, 6.45) is 0. The molecule has 198 valence electrons. The lowest BCUT2D eigenvalue weighted by Gasteiger charge is -2.22. The molecule has 0 aliphatic carbocycles. The zero-order valence-electron chi connectivity index (χ0n) is 20.4. The van der Waals surface area contributed by atoms with Crippen LogP contribution in [-0.4, -0.2) is 44.3 Å². The number of benzene rings is 3. The van der Waals surface area contributed by atoms with Crippen molar-refractivity contribution in [2.75, 3.05) is 31.3 Å². The largest absolute Gasteiger partial charge is 0.495 e. The molecule has 1 heterocycles. The van der Waals surface area contributed by atoms with Gasteiger partial charge in [-0.3, -0.25) is 4.79 Å². The number of carbonyl (C=O) groups is 1. The lowest BCUT2D eigenvalue weighted by molar-refractivity contribution is -0.116. The molecule has 0 unspecified atom stereocenters. The third-order valence-electron chi connectivity index (χ3n) is 5.51. The third kappa shape index (κ3) is 6.64. The van der Waals surface area contributed by atoms with Crippen molar-refractivity contribution < 1.29 is 17.9 Å². The molecular formula is C26H24Cl2N4O4S2. The predicted molar refractivity (Wildman–Crippen MR) is 153 cm³/mol. The minimum atomic E-state index is -4.06. The SMILES string of the molecule is CNc1nc(-c2ccc(OC)c(NC(=O)CN(Cc3cccc(Cl)c3)S(=O)(=O)c3ccc(Cl)cc3)c2)cs1. The highest BCUT2D eigenvalue weighted by molar-refractivity contribution is 7.89. The average molecular weight is 592 g/mol. The van der Waals surface area contributed by atoms with Crippen LogP contribution in [0.1, 0.15) is 5.56 Å². The van der Waals surface area contributed by atoms with Crippen LogP contribution in [0.25, 0.3) is 11.3 Å². The van der Waals surface area contributed by atoms with E-state index in [1.807, 2.05) is 11.4 Å². The van der Waals surface area contributed by atoms with Gasteiger partial charge in [0.1, 0.15) is 5.75 Å². The molecule has 0 radical (unpaired) electrons. The van der Waals surface area contributed by atoms with Crippen LogP contribution in [-0.2, 0) is 21.4 Å². The fourth-order valence-electron chi connectivity index (χ4n) is 3.66. The molecule has 0 aliphatic heterocycles. The first-order chi connectivity index (χ1) is 18.2. The van der Waals surface area contributed by atoms with Gasteiger partial charge in [0.25, 0.3) is 0 Å². The van der Waals surface area contributed by atoms with Crippen LogP contribution in [0.15, 0.2) is 77.0 Å². The van der Waals surface area contributed by atoms with Crippen LogP contribution in [0.3, 0.4) is 0 Å². The highest BCUT2D eigenvalue weighted by Gasteiger charge is 2.27. The Hall–Kier alpha value is -3.15. The number of halogens is 2. The van der Waals surface area contributed by atoms with E-state index in [0.717, 1.165) is 20.7 Å². The lowest BCUT2D eigenvalue weighted by atomic mass is 10.1. The highest BCUT2D eigenvalue weighted by Crippen LogP contribution is 2.32. The Kier molecular flexibility index (Phi) is 8.91. The molecule has 2 N–H and O–H groups in total. The van der Waals surface area contributed by atoms with Crippen LogP contribution >= 0.6 is 34.5 Å². The van der Waals surface area contributed by atoms with Gasteiger partial charge in [-0.05, 0) is 60.2 Å². The second-order valence-electron chi connectivity index (χ2n) is 8.11. The second-order valence-corrected chi connectivity index (χ2v) is 11.8. The maximum Gasteiger partial charge on any atom is 0.243 e. The van der Waals surface area contributed by atoms with Gasteiger partial charge in [0.15, 0.2) is 5.13 Å². The van der Waals surface area contributed by atoms with Gasteiger partial charge in [-0.1, -0.05) is 35.3 Å². The first-order valence-electron chi connectivity index (χ1n) is 11.3. The first kappa shape index (κ1) is 27.9. The van der Waals surface area contributed by atoms with Crippen molar-refractivity contribution in [1.29, 1.82) is 0 Å². The summed E-state index contributed by atoms with van der Waals surface area (Å²) in [5.74, 6) is -0.123. The summed E-state index contributed by atoms with van der Waals surface area (Å²) in [5, 5.41) is 9.30. The molecule has 1 amide bonds. The monoisotopic (exact) mass is 590 g/mol. The topological polar surface area (TPSA) is 101 Å². The molecule has 0 aliphatic rings. The molecule has 3 aromatic carbocycles. The normalized spacial score (nSPS) is 11.4. The Morgan fingerprint density at radius 2 is 1.82 bits per heavy atom. The minimum absolute atomic E-state index is 0.0141. The molecular weight excluding hydrogens is 567 g/mol. The number of hydrogen-bond donors (Lipinski definition) is 2. The highest BCUT2D eigenvalue weighted by atomic mass is 35.5. The Balaban J connectivity index is 1.62. The number of thiazole rings is 1. The van der Waals surface area contributed by atoms with Crippen molar-refractivity contribution in [3.8, 4) is 17.0 Å². The summed E-state index contributed by atoms with van der Waals surface area (Å²) in [6, 6.07) is 17.9. The summed E-state index contributed by atoms with van der Waals surface area (Å²) in [5.41, 5.74) is 2.51. The number of nitrogens with zero attached hydrogens (tertiary/aromatic N) is 2. The molecule has 4 aromatic rings. The average Bonchev–Trinajstić information content (AvgIpc) is 3.38. The first-order valence-corrected chi connectivity index (χ1v) is 14.4. The van der Waals surface area contributed by atoms with Crippen LogP contribution in [0, 0.1) is 0 Å². The van der Waals surface area contributed by atoms with Crippen molar-refractivity contribution in [3.63, 3.8) is 0 Å². The summed E-state index contributed by atoms with van der Waals surface area (Å²) >= 11 is 13.5. The van der Waals surface area contributed by atoms with Crippen LogP contribution in [0.2, 0.25) is 10.0 Å². The molecule has 0 saturated carbocycles. The fraction of sp³-hybridized carbons (Fsp3) is 0.154. The van der Waals surface area contributed by atoms with Gasteiger partial charge < -0.3 is 15.4 Å². The number of nitrogens with one attached hydrogen (secondary N) is 2. The molecule has 0 bridgehead atoms. The number of rotatable bonds is 10. The number of amides is 1. The Morgan fingerprint density at radius 3 is 2.47 bits per heavy atom. The number of aromatic nitrogens is 1. The van der Waals surface area contributed by atoms with Crippen LogP contribution < -0.4 is 15.4 Å². The van der Waals surface area contributed by atoms with E-state index >= 15 is 0 Å². The molecule has 0 atom stereocenters. The molecule has 0 fully saturated rings. The molecule has 12 heteroatoms. The quantitative estimate of drug-likeness (QED) is 0.235. The second kappa shape index (κ2) is 12.1. The van der Waals surface area contributed by atoms with E-state index in [0.29, 0.717) is 27.0 Å². The van der Waals surface area contributed by atoms with E-state index in [4.69, 9.17) is 27.9 Å². The van der Waals surface area contributed by atoms with Crippen LogP contribution in [0.5, 0.6) is 5.75 Å². The number of ether oxygens (including phenoxy) is 1. The summed E-state index contributed by atoms with van der Waals surface area (Å²) in [4.78, 5) is 17.7. The smallest absolute Gasteiger partial charge is 0.243 e. The van der Waals surface area contributed by atoms with Crippen molar-refractivity contribution in [1.82, 2.24) is 9.29 Å². The van der Waals surface area contributed by atoms with Crippen molar-refractivity contribution in [2.45, 2.75) is 11.4 Å². The van der Waals surface area contributed by atoms with E-state index in [-0.39, 0.29) is 11.4 Å². The standard InChI is InChI=1S/C26H24Cl2N4O4S2/c1-29-26-31-23(16-37-26)18-6-11-24(36-2)22(13-18)30-25(33)15-32(14-17-4-3-5-20(28)12-17)38(34,35)21-9-7-19(27)8-10-21/h3-13,16H,14-15H2,1-2H3,(H,29,31)(H,30,33). The molecule has 0 spiro atoms. The molecule has 1 aromatic heterocycles. The maximum atomic E-state index is 13.5. The number of sulfonamides is 1. The summed E-state index contributed by atoms with van der Waals surface area (Å²) in [6.45, 7) is -0.521. The van der Waals surface area contributed by atoms with E-state index in [1.165, 1.54) is 42.7 Å². The Bertz CT molecular complexity index is 1540. The van der Waals surface area contributed by atoms with Crippen LogP contribution in [0.4, 0.5) is 10.8 Å². The predicted octanol–water partition coefficient (Wildman–Crippen LogP) is 6.00. The van der Waals surface area contributed by atoms with Gasteiger partial charge in [-0.25, -0.2) is 13.4 Å². The Morgan fingerprint density at radius 1 is 1.05 bits per heavy atom. The van der Waals surface area contributed by atoms with E-state index in [9.17, 15) is 13.2 Å². The zero-order valence-corrected chi connectivity index (χ0v) is 23.6. The number of methoxy groups -OCH3 is 1. The number of hydrogen-bond acceptors (Lipinski definition) is 7. The maximum absolute atomic E-state index is 13.5. The van der Waals surface area contributed by atoms with Gasteiger partial charge in [-0.15, -0.1) is 11.3 Å². The van der Waals surface area contributed by atoms with Gasteiger partial charge in [-0.2, -0.15) is 4.31 Å². The molecule has 4 rings (SSSR count). The lowest BCUT2D eigenvalue weighted by Crippen LogP contribution is -2.37. The third-order valence-corrected chi connectivity index (χ3v) is 8.66. The van der Waals surface area contributed by atoms with Gasteiger partial charge in [0, 0.05) is 34.6 Å². The van der Waals surface area contributed by atoms with E-state index in [2.05, 4.69) is 15.6 Å². The summed E-state index contributed by atoms with van der Waals surface area (Å²) in [7, 11) is -0.783. The minimum Gasteiger partial charge on any atom is -0.495 e. The van der Waals surface area contributed by atoms with Gasteiger partial charge in [0.2, 0.25) is 15.9 Å². The fourth-order valence-corrected chi connectivity index (χ4v) is 6.06. The van der Waals surface area contributed by atoms with Crippen molar-refractivity contribution in [2.24, 2.45) is 0 Å². The van der Waals surface area contributed by atoms with Gasteiger partial charge >= 0.3 is 0 Å². The van der Waals surface area contributed by atoms with Gasteiger partial charge in [0.05, 0.1) is 29.9 Å². The van der Waals surface area contributed by atoms with Crippen molar-refractivity contribution in [3.05, 3.63) is 87.7 Å². The molecule has 8 nitrogen and oxygen atoms in total. The number of carbonyl (C=O) groups excluding carboxylic acids is 1. The molecule has 0 saturated heterocycles. The van der Waals surface area contributed by atoms with E-state index in [1.54, 1.807) is 43.4 Å². The van der Waals surface area contributed by atoms with Crippen molar-refractivity contribution >= 4 is 61.3 Å². The molecule has 38 heavy (non-hydrogen) atoms.